The van der Waals surface area contributed by atoms with Crippen molar-refractivity contribution >= 4 is 0 Å². The Morgan fingerprint density at radius 3 is 1.12 bits per heavy atom. The molecule has 0 fully saturated rings. The molecular weight excluding hydrogens is 283 g/mol. The van der Waals surface area contributed by atoms with Crippen LogP contribution in [0.5, 0.6) is 0 Å². The van der Waals surface area contributed by atoms with Gasteiger partial charge < -0.3 is 55.0 Å². The van der Waals surface area contributed by atoms with Crippen LogP contribution >= 0.6 is 0 Å². The maximum Gasteiger partial charge on any atom is 0 e. The van der Waals surface area contributed by atoms with Crippen molar-refractivity contribution in [2.75, 3.05) is 0 Å². The van der Waals surface area contributed by atoms with Gasteiger partial charge in [0.2, 0.25) is 0 Å². The largest absolute Gasteiger partial charge is 0.748 e. The SMILES string of the molecule is [C-]#CC.[C-]#CC.[Zr].[cH-]1[cH-][cH-][cH-][cH-]1.c1cc[cH-]c1. The van der Waals surface area contributed by atoms with E-state index in [1.54, 1.807) is 13.8 Å². The minimum Gasteiger partial charge on any atom is -0.748 e. The van der Waals surface area contributed by atoms with Crippen LogP contribution in [0.2, 0.25) is 0 Å². The monoisotopic (exact) mass is 298 g/mol. The average Bonchev–Trinajstić information content (AvgIpc) is 3.00. The van der Waals surface area contributed by atoms with Gasteiger partial charge in [-0.05, 0) is 13.8 Å². The third-order valence-corrected chi connectivity index (χ3v) is 1.11. The first-order valence-corrected chi connectivity index (χ1v) is 4.83. The van der Waals surface area contributed by atoms with Crippen LogP contribution in [0, 0.1) is 24.7 Å². The van der Waals surface area contributed by atoms with Crippen molar-refractivity contribution < 1.29 is 26.2 Å². The van der Waals surface area contributed by atoms with Crippen LogP contribution in [0.4, 0.5) is 0 Å². The summed E-state index contributed by atoms with van der Waals surface area (Å²) in [6, 6.07) is 20.0. The Morgan fingerprint density at radius 1 is 0.765 bits per heavy atom. The van der Waals surface area contributed by atoms with Gasteiger partial charge in [-0.15, -0.1) is 0 Å². The van der Waals surface area contributed by atoms with Crippen LogP contribution < -0.4 is 0 Å². The molecule has 0 heterocycles. The van der Waals surface area contributed by atoms with Crippen LogP contribution in [0.15, 0.2) is 60.7 Å². The molecule has 2 aromatic rings. The molecule has 0 radical (unpaired) electrons. The summed E-state index contributed by atoms with van der Waals surface area (Å²) in [4.78, 5) is 0. The second-order valence-electron chi connectivity index (χ2n) is 2.42. The zero-order chi connectivity index (χ0) is 12.5. The van der Waals surface area contributed by atoms with Gasteiger partial charge in [-0.25, -0.2) is 12.1 Å². The normalized spacial score (nSPS) is 5.65. The first-order chi connectivity index (χ1) is 7.83. The molecule has 0 aromatic heterocycles. The Labute approximate surface area is 125 Å². The van der Waals surface area contributed by atoms with E-state index in [9.17, 15) is 0 Å². The summed E-state index contributed by atoms with van der Waals surface area (Å²) in [5.74, 6) is 4.00. The number of hydrogen-bond donors (Lipinski definition) is 0. The first-order valence-electron chi connectivity index (χ1n) is 4.83. The maximum absolute atomic E-state index is 5.96. The van der Waals surface area contributed by atoms with E-state index in [1.807, 2.05) is 72.5 Å². The van der Waals surface area contributed by atoms with Crippen LogP contribution in [0.25, 0.3) is 0 Å². The van der Waals surface area contributed by atoms with Crippen molar-refractivity contribution in [2.45, 2.75) is 13.8 Å². The third kappa shape index (κ3) is 31.3. The van der Waals surface area contributed by atoms with Crippen molar-refractivity contribution in [1.82, 2.24) is 0 Å². The van der Waals surface area contributed by atoms with Gasteiger partial charge in [0.15, 0.2) is 0 Å². The molecule has 0 atom stereocenters. The van der Waals surface area contributed by atoms with E-state index in [0.29, 0.717) is 0 Å². The summed E-state index contributed by atoms with van der Waals surface area (Å²) in [6.07, 6.45) is 11.9. The van der Waals surface area contributed by atoms with Crippen LogP contribution in [0.1, 0.15) is 13.8 Å². The van der Waals surface area contributed by atoms with Gasteiger partial charge in [0.05, 0.1) is 0 Å². The van der Waals surface area contributed by atoms with Gasteiger partial charge in [0.25, 0.3) is 0 Å². The quantitative estimate of drug-likeness (QED) is 0.509. The molecule has 0 saturated heterocycles. The second-order valence-corrected chi connectivity index (χ2v) is 2.42. The van der Waals surface area contributed by atoms with Crippen molar-refractivity contribution in [3.8, 4) is 11.8 Å². The molecule has 0 aliphatic rings. The molecular formula is C16H16Zr-8. The smallest absolute Gasteiger partial charge is 0 e. The van der Waals surface area contributed by atoms with Crippen molar-refractivity contribution in [3.63, 3.8) is 0 Å². The van der Waals surface area contributed by atoms with E-state index in [-0.39, 0.29) is 26.2 Å². The minimum atomic E-state index is 0. The predicted molar refractivity (Wildman–Crippen MR) is 69.7 cm³/mol. The van der Waals surface area contributed by atoms with Crippen LogP contribution in [-0.2, 0) is 26.2 Å². The minimum absolute atomic E-state index is 0. The van der Waals surface area contributed by atoms with E-state index in [2.05, 4.69) is 0 Å². The molecule has 0 bridgehead atoms. The maximum atomic E-state index is 5.96. The van der Waals surface area contributed by atoms with Gasteiger partial charge in [0.1, 0.15) is 0 Å². The number of hydrogen-bond acceptors (Lipinski definition) is 0. The van der Waals surface area contributed by atoms with E-state index < -0.39 is 0 Å². The summed E-state index contributed by atoms with van der Waals surface area (Å²) in [7, 11) is 0. The van der Waals surface area contributed by atoms with Crippen molar-refractivity contribution in [1.29, 1.82) is 0 Å². The fourth-order valence-corrected chi connectivity index (χ4v) is 0.642. The predicted octanol–water partition coefficient (Wildman–Crippen LogP) is 4.00. The molecule has 0 amide bonds. The molecule has 17 heavy (non-hydrogen) atoms. The Hall–Kier alpha value is -1.30. The zero-order valence-electron chi connectivity index (χ0n) is 10.3. The van der Waals surface area contributed by atoms with E-state index in [4.69, 9.17) is 12.8 Å². The Morgan fingerprint density at radius 2 is 1.00 bits per heavy atom. The Kier molecular flexibility index (Phi) is 29.8. The molecule has 0 aliphatic carbocycles. The van der Waals surface area contributed by atoms with Gasteiger partial charge in [-0.2, -0.15) is 18.2 Å². The van der Waals surface area contributed by atoms with Gasteiger partial charge in [-0.3, -0.25) is 0 Å². The Bertz CT molecular complexity index is 268. The van der Waals surface area contributed by atoms with Gasteiger partial charge in [0, 0.05) is 26.2 Å². The molecule has 0 unspecified atom stereocenters. The molecule has 2 aromatic carbocycles. The fraction of sp³-hybridized carbons (Fsp3) is 0.125. The first kappa shape index (κ1) is 21.0. The molecule has 1 heteroatoms. The molecule has 2 rings (SSSR count). The molecule has 0 saturated carbocycles. The Balaban J connectivity index is -0.000000157. The van der Waals surface area contributed by atoms with Gasteiger partial charge in [-0.1, -0.05) is 0 Å². The summed E-state index contributed by atoms with van der Waals surface area (Å²) < 4.78 is 0. The van der Waals surface area contributed by atoms with Crippen LogP contribution in [-0.4, -0.2) is 0 Å². The van der Waals surface area contributed by atoms with Crippen LogP contribution in [0.3, 0.4) is 0 Å². The van der Waals surface area contributed by atoms with Gasteiger partial charge >= 0.3 is 0 Å². The van der Waals surface area contributed by atoms with E-state index >= 15 is 0 Å². The third-order valence-electron chi connectivity index (χ3n) is 1.11. The summed E-state index contributed by atoms with van der Waals surface area (Å²) in [5.41, 5.74) is 0. The number of rotatable bonds is 0. The molecule has 92 valence electrons. The van der Waals surface area contributed by atoms with E-state index in [1.165, 1.54) is 0 Å². The van der Waals surface area contributed by atoms with Crippen molar-refractivity contribution in [2.24, 2.45) is 0 Å². The molecule has 0 N–H and O–H groups in total. The average molecular weight is 300 g/mol. The summed E-state index contributed by atoms with van der Waals surface area (Å²) in [5, 5.41) is 0. The molecule has 0 aliphatic heterocycles. The van der Waals surface area contributed by atoms with E-state index in [0.717, 1.165) is 0 Å². The molecule has 0 spiro atoms. The summed E-state index contributed by atoms with van der Waals surface area (Å²) >= 11 is 0. The molecule has 0 nitrogen and oxygen atoms in total. The standard InChI is InChI=1S/2C5H5.2C3H3.Zr/c2*1-2-4-5-3-1;2*1-3-2;/h2*1-5H;2*1H3;/q-5;3*-1;. The fourth-order valence-electron chi connectivity index (χ4n) is 0.642. The topological polar surface area (TPSA) is 0 Å². The van der Waals surface area contributed by atoms with Crippen molar-refractivity contribution in [3.05, 3.63) is 73.5 Å². The summed E-state index contributed by atoms with van der Waals surface area (Å²) in [6.45, 7) is 3.08. The zero-order valence-corrected chi connectivity index (χ0v) is 12.7. The second kappa shape index (κ2) is 24.1.